The second-order valence-corrected chi connectivity index (χ2v) is 7.52. The third kappa shape index (κ3) is 4.22. The van der Waals surface area contributed by atoms with Crippen molar-refractivity contribution in [3.63, 3.8) is 0 Å². The maximum Gasteiger partial charge on any atom is 0.222 e. The van der Waals surface area contributed by atoms with E-state index >= 15 is 0 Å². The normalized spacial score (nSPS) is 17.3. The molecule has 0 aliphatic carbocycles. The highest BCUT2D eigenvalue weighted by molar-refractivity contribution is 5.77. The lowest BCUT2D eigenvalue weighted by Gasteiger charge is -2.40. The molecule has 1 fully saturated rings. The Morgan fingerprint density at radius 1 is 0.900 bits per heavy atom. The summed E-state index contributed by atoms with van der Waals surface area (Å²) in [5, 5.41) is 0. The summed E-state index contributed by atoms with van der Waals surface area (Å²) in [6.45, 7) is 15.4. The predicted octanol–water partition coefficient (Wildman–Crippen LogP) is 2.53. The molecule has 2 amide bonds. The van der Waals surface area contributed by atoms with Crippen LogP contribution in [0.5, 0.6) is 0 Å². The molecule has 4 heteroatoms. The van der Waals surface area contributed by atoms with Gasteiger partial charge in [-0.3, -0.25) is 9.59 Å². The molecule has 1 aliphatic rings. The van der Waals surface area contributed by atoms with Gasteiger partial charge in [-0.05, 0) is 17.3 Å². The van der Waals surface area contributed by atoms with Gasteiger partial charge in [0.05, 0.1) is 0 Å². The smallest absolute Gasteiger partial charge is 0.222 e. The first-order chi connectivity index (χ1) is 9.04. The van der Waals surface area contributed by atoms with Crippen molar-refractivity contribution in [3.8, 4) is 0 Å². The molecule has 1 heterocycles. The van der Waals surface area contributed by atoms with Crippen LogP contribution in [0.3, 0.4) is 0 Å². The zero-order valence-corrected chi connectivity index (χ0v) is 14.0. The highest BCUT2D eigenvalue weighted by atomic mass is 16.2. The van der Waals surface area contributed by atoms with Gasteiger partial charge in [0, 0.05) is 39.5 Å². The summed E-state index contributed by atoms with van der Waals surface area (Å²) in [4.78, 5) is 27.2. The molecular formula is C16H30N2O2. The van der Waals surface area contributed by atoms with E-state index in [9.17, 15) is 9.59 Å². The maximum absolute atomic E-state index is 12.3. The number of rotatable bonds is 3. The number of piperazine rings is 1. The maximum atomic E-state index is 12.3. The Morgan fingerprint density at radius 2 is 1.35 bits per heavy atom. The predicted molar refractivity (Wildman–Crippen MR) is 81.3 cm³/mol. The van der Waals surface area contributed by atoms with Gasteiger partial charge < -0.3 is 9.80 Å². The fourth-order valence-corrected chi connectivity index (χ4v) is 2.22. The van der Waals surface area contributed by atoms with Crippen LogP contribution in [-0.4, -0.2) is 47.8 Å². The van der Waals surface area contributed by atoms with Crippen LogP contribution in [0.15, 0.2) is 0 Å². The Morgan fingerprint density at radius 3 is 1.75 bits per heavy atom. The van der Waals surface area contributed by atoms with E-state index in [0.717, 1.165) is 6.42 Å². The zero-order valence-electron chi connectivity index (χ0n) is 14.0. The summed E-state index contributed by atoms with van der Waals surface area (Å²) >= 11 is 0. The molecule has 0 bridgehead atoms. The lowest BCUT2D eigenvalue weighted by atomic mass is 9.67. The molecule has 1 aliphatic heterocycles. The van der Waals surface area contributed by atoms with E-state index < -0.39 is 0 Å². The van der Waals surface area contributed by atoms with Crippen LogP contribution in [0.25, 0.3) is 0 Å². The van der Waals surface area contributed by atoms with E-state index in [-0.39, 0.29) is 22.6 Å². The molecule has 116 valence electrons. The molecule has 0 saturated carbocycles. The van der Waals surface area contributed by atoms with Crippen molar-refractivity contribution in [2.24, 2.45) is 10.8 Å². The van der Waals surface area contributed by atoms with Crippen molar-refractivity contribution in [2.75, 3.05) is 26.2 Å². The minimum absolute atomic E-state index is 0.103. The highest BCUT2D eigenvalue weighted by Crippen LogP contribution is 2.41. The van der Waals surface area contributed by atoms with E-state index in [1.54, 1.807) is 6.92 Å². The molecule has 0 N–H and O–H groups in total. The summed E-state index contributed by atoms with van der Waals surface area (Å²) in [5.41, 5.74) is 0.338. The van der Waals surface area contributed by atoms with Crippen molar-refractivity contribution >= 4 is 11.8 Å². The first-order valence-corrected chi connectivity index (χ1v) is 7.58. The van der Waals surface area contributed by atoms with Crippen LogP contribution in [0.2, 0.25) is 0 Å². The average molecular weight is 282 g/mol. The third-order valence-corrected chi connectivity index (χ3v) is 5.07. The summed E-state index contributed by atoms with van der Waals surface area (Å²) < 4.78 is 0. The fourth-order valence-electron chi connectivity index (χ4n) is 2.22. The largest absolute Gasteiger partial charge is 0.339 e. The standard InChI is InChI=1S/C16H30N2O2/c1-13(19)17-9-11-18(12-10-17)14(20)7-8-16(5,6)15(2,3)4/h7-12H2,1-6H3. The number of hydrogen-bond acceptors (Lipinski definition) is 2. The molecule has 0 spiro atoms. The minimum atomic E-state index is 0.103. The van der Waals surface area contributed by atoms with Gasteiger partial charge in [0.1, 0.15) is 0 Å². The molecule has 4 nitrogen and oxygen atoms in total. The van der Waals surface area contributed by atoms with Crippen molar-refractivity contribution in [1.82, 2.24) is 9.80 Å². The van der Waals surface area contributed by atoms with Gasteiger partial charge in [0.15, 0.2) is 0 Å². The Kier molecular flexibility index (Phi) is 5.22. The molecule has 1 rings (SSSR count). The molecule has 0 unspecified atom stereocenters. The Hall–Kier alpha value is -1.06. The van der Waals surface area contributed by atoms with Crippen LogP contribution in [-0.2, 0) is 9.59 Å². The second-order valence-electron chi connectivity index (χ2n) is 7.52. The molecule has 0 aromatic carbocycles. The van der Waals surface area contributed by atoms with Crippen LogP contribution < -0.4 is 0 Å². The second kappa shape index (κ2) is 6.15. The lowest BCUT2D eigenvalue weighted by Crippen LogP contribution is -2.50. The van der Waals surface area contributed by atoms with Crippen molar-refractivity contribution < 1.29 is 9.59 Å². The number of carbonyl (C=O) groups excluding carboxylic acids is 2. The van der Waals surface area contributed by atoms with Crippen molar-refractivity contribution in [2.45, 2.75) is 54.4 Å². The van der Waals surface area contributed by atoms with Crippen LogP contribution in [0, 0.1) is 10.8 Å². The number of hydrogen-bond donors (Lipinski definition) is 0. The van der Waals surface area contributed by atoms with Gasteiger partial charge in [-0.1, -0.05) is 34.6 Å². The average Bonchev–Trinajstić information content (AvgIpc) is 2.34. The Balaban J connectivity index is 2.44. The molecule has 0 aromatic heterocycles. The van der Waals surface area contributed by atoms with E-state index in [1.165, 1.54) is 0 Å². The van der Waals surface area contributed by atoms with Crippen LogP contribution in [0.4, 0.5) is 0 Å². The van der Waals surface area contributed by atoms with Gasteiger partial charge in [0.25, 0.3) is 0 Å². The SMILES string of the molecule is CC(=O)N1CCN(C(=O)CCC(C)(C)C(C)(C)C)CC1. The van der Waals surface area contributed by atoms with E-state index in [2.05, 4.69) is 34.6 Å². The topological polar surface area (TPSA) is 40.6 Å². The first kappa shape index (κ1) is 17.0. The van der Waals surface area contributed by atoms with E-state index in [1.807, 2.05) is 9.80 Å². The van der Waals surface area contributed by atoms with Gasteiger partial charge in [-0.2, -0.15) is 0 Å². The number of nitrogens with zero attached hydrogens (tertiary/aromatic N) is 2. The van der Waals surface area contributed by atoms with Crippen LogP contribution in [0.1, 0.15) is 54.4 Å². The molecule has 0 atom stereocenters. The van der Waals surface area contributed by atoms with Gasteiger partial charge in [-0.15, -0.1) is 0 Å². The third-order valence-electron chi connectivity index (χ3n) is 5.07. The molecule has 0 aromatic rings. The van der Waals surface area contributed by atoms with Crippen LogP contribution >= 0.6 is 0 Å². The van der Waals surface area contributed by atoms with Crippen molar-refractivity contribution in [3.05, 3.63) is 0 Å². The summed E-state index contributed by atoms with van der Waals surface area (Å²) in [6, 6.07) is 0. The molecule has 20 heavy (non-hydrogen) atoms. The minimum Gasteiger partial charge on any atom is -0.339 e. The van der Waals surface area contributed by atoms with Crippen molar-refractivity contribution in [1.29, 1.82) is 0 Å². The van der Waals surface area contributed by atoms with Gasteiger partial charge in [-0.25, -0.2) is 0 Å². The lowest BCUT2D eigenvalue weighted by molar-refractivity contribution is -0.139. The van der Waals surface area contributed by atoms with E-state index in [0.29, 0.717) is 32.6 Å². The quantitative estimate of drug-likeness (QED) is 0.798. The Bertz CT molecular complexity index is 361. The monoisotopic (exact) mass is 282 g/mol. The number of amides is 2. The summed E-state index contributed by atoms with van der Waals surface area (Å²) in [6.07, 6.45) is 1.51. The number of carbonyl (C=O) groups is 2. The van der Waals surface area contributed by atoms with Gasteiger partial charge in [0.2, 0.25) is 11.8 Å². The highest BCUT2D eigenvalue weighted by Gasteiger charge is 2.33. The molecule has 0 radical (unpaired) electrons. The van der Waals surface area contributed by atoms with E-state index in [4.69, 9.17) is 0 Å². The fraction of sp³-hybridized carbons (Fsp3) is 0.875. The molecule has 1 saturated heterocycles. The zero-order chi connectivity index (χ0) is 15.6. The first-order valence-electron chi connectivity index (χ1n) is 7.58. The summed E-state index contributed by atoms with van der Waals surface area (Å²) in [7, 11) is 0. The van der Waals surface area contributed by atoms with Gasteiger partial charge >= 0.3 is 0 Å². The summed E-state index contributed by atoms with van der Waals surface area (Å²) in [5.74, 6) is 0.330. The molecular weight excluding hydrogens is 252 g/mol. The Labute approximate surface area is 123 Å².